The van der Waals surface area contributed by atoms with Gasteiger partial charge in [-0.2, -0.15) is 0 Å². The van der Waals surface area contributed by atoms with Crippen molar-refractivity contribution < 1.29 is 9.53 Å². The highest BCUT2D eigenvalue weighted by Crippen LogP contribution is 2.40. The van der Waals surface area contributed by atoms with Crippen LogP contribution in [0.4, 0.5) is 4.79 Å². The minimum Gasteiger partial charge on any atom is -0.444 e. The number of aryl methyl sites for hydroxylation is 2. The molecular weight excluding hydrogens is 310 g/mol. The molecule has 0 aromatic heterocycles. The minimum absolute atomic E-state index is 0.128. The average molecular weight is 341 g/mol. The molecule has 2 atom stereocenters. The highest BCUT2D eigenvalue weighted by molar-refractivity contribution is 5.69. The van der Waals surface area contributed by atoms with Gasteiger partial charge in [-0.25, -0.2) is 4.79 Å². The third-order valence-corrected chi connectivity index (χ3v) is 5.45. The molecule has 0 aliphatic carbocycles. The largest absolute Gasteiger partial charge is 0.444 e. The average Bonchev–Trinajstić information content (AvgIpc) is 2.76. The van der Waals surface area contributed by atoms with Crippen LogP contribution in [0.15, 0.2) is 24.3 Å². The topological polar surface area (TPSA) is 29.5 Å². The summed E-state index contributed by atoms with van der Waals surface area (Å²) in [5.74, 6) is 0.551. The number of carbonyl (C=O) groups excluding carboxylic acids is 1. The third-order valence-electron chi connectivity index (χ3n) is 5.45. The van der Waals surface area contributed by atoms with Crippen molar-refractivity contribution in [1.29, 1.82) is 0 Å². The highest BCUT2D eigenvalue weighted by atomic mass is 16.6. The van der Waals surface area contributed by atoms with Gasteiger partial charge in [0, 0.05) is 12.1 Å². The molecule has 0 saturated carbocycles. The molecule has 3 rings (SSSR count). The molecule has 1 aromatic carbocycles. The van der Waals surface area contributed by atoms with Crippen LogP contribution in [0, 0.1) is 19.8 Å². The van der Waals surface area contributed by atoms with Crippen molar-refractivity contribution >= 4 is 12.2 Å². The number of allylic oxidation sites excluding steroid dienone is 1. The zero-order valence-electron chi connectivity index (χ0n) is 16.2. The Morgan fingerprint density at radius 3 is 2.20 bits per heavy atom. The maximum atomic E-state index is 12.5. The number of carbonyl (C=O) groups is 1. The fourth-order valence-corrected chi connectivity index (χ4v) is 4.31. The van der Waals surface area contributed by atoms with Crippen LogP contribution in [0.3, 0.4) is 0 Å². The van der Waals surface area contributed by atoms with Crippen LogP contribution >= 0.6 is 0 Å². The fourth-order valence-electron chi connectivity index (χ4n) is 4.31. The molecule has 2 aliphatic rings. The molecule has 2 saturated heterocycles. The molecule has 0 radical (unpaired) electrons. The van der Waals surface area contributed by atoms with E-state index in [0.29, 0.717) is 18.0 Å². The zero-order valence-corrected chi connectivity index (χ0v) is 16.2. The van der Waals surface area contributed by atoms with Crippen LogP contribution in [0.5, 0.6) is 0 Å². The van der Waals surface area contributed by atoms with Crippen molar-refractivity contribution in [3.05, 3.63) is 41.0 Å². The monoisotopic (exact) mass is 341 g/mol. The van der Waals surface area contributed by atoms with Gasteiger partial charge in [0.25, 0.3) is 0 Å². The van der Waals surface area contributed by atoms with Crippen LogP contribution < -0.4 is 0 Å². The van der Waals surface area contributed by atoms with E-state index in [2.05, 4.69) is 44.2 Å². The highest BCUT2D eigenvalue weighted by Gasteiger charge is 2.44. The first-order chi connectivity index (χ1) is 11.7. The Labute approximate surface area is 152 Å². The van der Waals surface area contributed by atoms with Gasteiger partial charge >= 0.3 is 6.09 Å². The number of hydrogen-bond acceptors (Lipinski definition) is 2. The molecule has 0 spiro atoms. The number of amides is 1. The molecule has 2 fully saturated rings. The Balaban J connectivity index is 1.68. The predicted octanol–water partition coefficient (Wildman–Crippen LogP) is 5.49. The second-order valence-corrected chi connectivity index (χ2v) is 8.67. The Morgan fingerprint density at radius 1 is 1.12 bits per heavy atom. The molecule has 136 valence electrons. The van der Waals surface area contributed by atoms with Gasteiger partial charge in [-0.15, -0.1) is 0 Å². The van der Waals surface area contributed by atoms with Crippen molar-refractivity contribution in [2.75, 3.05) is 0 Å². The van der Waals surface area contributed by atoms with E-state index < -0.39 is 5.60 Å². The number of ether oxygens (including phenoxy) is 1. The summed E-state index contributed by atoms with van der Waals surface area (Å²) in [7, 11) is 0. The first kappa shape index (κ1) is 18.0. The Morgan fingerprint density at radius 2 is 1.68 bits per heavy atom. The van der Waals surface area contributed by atoms with Gasteiger partial charge in [0.1, 0.15) is 5.60 Å². The van der Waals surface area contributed by atoms with Crippen molar-refractivity contribution in [3.8, 4) is 0 Å². The van der Waals surface area contributed by atoms with Crippen molar-refractivity contribution in [2.45, 2.75) is 78.0 Å². The van der Waals surface area contributed by atoms with Crippen LogP contribution in [0.2, 0.25) is 0 Å². The Kier molecular flexibility index (Phi) is 4.95. The number of piperidine rings is 1. The maximum Gasteiger partial charge on any atom is 0.410 e. The van der Waals surface area contributed by atoms with Crippen LogP contribution in [-0.2, 0) is 4.74 Å². The number of rotatable bonds is 2. The summed E-state index contributed by atoms with van der Waals surface area (Å²) in [6, 6.07) is 7.12. The molecule has 25 heavy (non-hydrogen) atoms. The molecular formula is C22H31NO2. The van der Waals surface area contributed by atoms with Crippen molar-refractivity contribution in [3.63, 3.8) is 0 Å². The lowest BCUT2D eigenvalue weighted by Crippen LogP contribution is -2.48. The third kappa shape index (κ3) is 4.08. The maximum absolute atomic E-state index is 12.5. The minimum atomic E-state index is -0.421. The molecule has 1 aromatic rings. The van der Waals surface area contributed by atoms with E-state index in [-0.39, 0.29) is 6.09 Å². The summed E-state index contributed by atoms with van der Waals surface area (Å²) >= 11 is 0. The van der Waals surface area contributed by atoms with E-state index >= 15 is 0 Å². The summed E-state index contributed by atoms with van der Waals surface area (Å²) in [5, 5.41) is 0. The Bertz CT molecular complexity index is 637. The Hall–Kier alpha value is -1.77. The predicted molar refractivity (Wildman–Crippen MR) is 103 cm³/mol. The summed E-state index contributed by atoms with van der Waals surface area (Å²) in [4.78, 5) is 14.6. The van der Waals surface area contributed by atoms with E-state index in [1.54, 1.807) is 0 Å². The number of benzene rings is 1. The lowest BCUT2D eigenvalue weighted by atomic mass is 9.89. The first-order valence-corrected chi connectivity index (χ1v) is 9.50. The lowest BCUT2D eigenvalue weighted by molar-refractivity contribution is 0.00454. The van der Waals surface area contributed by atoms with Gasteiger partial charge in [-0.05, 0) is 82.9 Å². The van der Waals surface area contributed by atoms with E-state index in [0.717, 1.165) is 25.7 Å². The normalized spacial score (nSPS) is 26.3. The van der Waals surface area contributed by atoms with E-state index in [4.69, 9.17) is 4.74 Å². The number of hydrogen-bond donors (Lipinski definition) is 0. The quantitative estimate of drug-likeness (QED) is 0.711. The van der Waals surface area contributed by atoms with Crippen LogP contribution in [0.1, 0.15) is 63.1 Å². The molecule has 2 aliphatic heterocycles. The number of nitrogens with zero attached hydrogens (tertiary/aromatic N) is 1. The van der Waals surface area contributed by atoms with Crippen molar-refractivity contribution in [1.82, 2.24) is 4.90 Å². The lowest BCUT2D eigenvalue weighted by Gasteiger charge is -2.38. The molecule has 1 amide bonds. The molecule has 2 heterocycles. The molecule has 2 unspecified atom stereocenters. The molecule has 3 heteroatoms. The van der Waals surface area contributed by atoms with E-state index in [1.165, 1.54) is 16.7 Å². The van der Waals surface area contributed by atoms with Crippen LogP contribution in [-0.4, -0.2) is 28.7 Å². The van der Waals surface area contributed by atoms with Crippen LogP contribution in [0.25, 0.3) is 6.08 Å². The standard InChI is InChI=1S/C22H31NO2/c1-15-7-6-8-16(2)20(15)12-9-17-13-18-10-11-19(14-17)23(18)21(24)25-22(3,4)5/h6-9,12,17-19H,10-11,13-14H2,1-5H3/b12-9+. The number of fused-ring (bicyclic) bond motifs is 2. The first-order valence-electron chi connectivity index (χ1n) is 9.50. The molecule has 3 nitrogen and oxygen atoms in total. The SMILES string of the molecule is Cc1cccc(C)c1/C=C/C1CC2CCC(C1)N2C(=O)OC(C)(C)C. The van der Waals surface area contributed by atoms with Gasteiger partial charge in [-0.3, -0.25) is 0 Å². The second kappa shape index (κ2) is 6.86. The second-order valence-electron chi connectivity index (χ2n) is 8.67. The zero-order chi connectivity index (χ0) is 18.2. The van der Waals surface area contributed by atoms with E-state index in [9.17, 15) is 4.79 Å². The van der Waals surface area contributed by atoms with Gasteiger partial charge in [0.15, 0.2) is 0 Å². The molecule has 0 N–H and O–H groups in total. The van der Waals surface area contributed by atoms with E-state index in [1.807, 2.05) is 25.7 Å². The van der Waals surface area contributed by atoms with Gasteiger partial charge in [0.05, 0.1) is 0 Å². The molecule has 2 bridgehead atoms. The van der Waals surface area contributed by atoms with Gasteiger partial charge in [0.2, 0.25) is 0 Å². The summed E-state index contributed by atoms with van der Waals surface area (Å²) < 4.78 is 5.62. The summed E-state index contributed by atoms with van der Waals surface area (Å²) in [6.45, 7) is 10.1. The fraction of sp³-hybridized carbons (Fsp3) is 0.591. The smallest absolute Gasteiger partial charge is 0.410 e. The summed E-state index contributed by atoms with van der Waals surface area (Å²) in [5.41, 5.74) is 3.57. The van der Waals surface area contributed by atoms with Crippen molar-refractivity contribution in [2.24, 2.45) is 5.92 Å². The summed E-state index contributed by atoms with van der Waals surface area (Å²) in [6.07, 6.45) is 8.85. The van der Waals surface area contributed by atoms with Gasteiger partial charge in [-0.1, -0.05) is 30.4 Å². The van der Waals surface area contributed by atoms with Gasteiger partial charge < -0.3 is 9.64 Å².